The van der Waals surface area contributed by atoms with Crippen LogP contribution in [0.25, 0.3) is 0 Å². The first kappa shape index (κ1) is 12.1. The van der Waals surface area contributed by atoms with Crippen LogP contribution in [0.15, 0.2) is 12.5 Å². The van der Waals surface area contributed by atoms with Gasteiger partial charge in [-0.3, -0.25) is 0 Å². The van der Waals surface area contributed by atoms with Gasteiger partial charge in [-0.2, -0.15) is 0 Å². The number of anilines is 2. The van der Waals surface area contributed by atoms with Gasteiger partial charge in [0.1, 0.15) is 6.33 Å². The third kappa shape index (κ3) is 3.06. The van der Waals surface area contributed by atoms with E-state index in [4.69, 9.17) is 5.73 Å². The molecular formula is C12H20N4O. The molecule has 0 amide bonds. The second-order valence-electron chi connectivity index (χ2n) is 5.11. The lowest BCUT2D eigenvalue weighted by atomic mass is 9.79. The first-order valence-electron chi connectivity index (χ1n) is 6.11. The molecule has 0 bridgehead atoms. The largest absolute Gasteiger partial charge is 0.394 e. The Kier molecular flexibility index (Phi) is 3.47. The molecule has 17 heavy (non-hydrogen) atoms. The van der Waals surface area contributed by atoms with Gasteiger partial charge in [0, 0.05) is 6.54 Å². The van der Waals surface area contributed by atoms with E-state index in [1.807, 2.05) is 0 Å². The van der Waals surface area contributed by atoms with E-state index >= 15 is 0 Å². The Morgan fingerprint density at radius 3 is 3.18 bits per heavy atom. The van der Waals surface area contributed by atoms with Crippen LogP contribution in [0, 0.1) is 5.92 Å². The molecule has 2 rings (SSSR count). The first-order chi connectivity index (χ1) is 8.09. The quantitative estimate of drug-likeness (QED) is 0.739. The van der Waals surface area contributed by atoms with E-state index in [2.05, 4.69) is 22.2 Å². The van der Waals surface area contributed by atoms with Gasteiger partial charge in [0.2, 0.25) is 0 Å². The van der Waals surface area contributed by atoms with Gasteiger partial charge < -0.3 is 16.2 Å². The fourth-order valence-electron chi connectivity index (χ4n) is 2.53. The van der Waals surface area contributed by atoms with E-state index in [-0.39, 0.29) is 0 Å². The van der Waals surface area contributed by atoms with Crippen LogP contribution in [-0.4, -0.2) is 27.2 Å². The van der Waals surface area contributed by atoms with Crippen molar-refractivity contribution in [1.29, 1.82) is 0 Å². The molecule has 1 fully saturated rings. The Morgan fingerprint density at radius 1 is 1.65 bits per heavy atom. The van der Waals surface area contributed by atoms with Crippen LogP contribution in [0.2, 0.25) is 0 Å². The maximum absolute atomic E-state index is 10.4. The van der Waals surface area contributed by atoms with E-state index in [1.54, 1.807) is 6.20 Å². The van der Waals surface area contributed by atoms with E-state index in [9.17, 15) is 5.11 Å². The average molecular weight is 236 g/mol. The number of nitrogen functional groups attached to an aromatic ring is 1. The van der Waals surface area contributed by atoms with E-state index in [0.717, 1.165) is 19.3 Å². The molecule has 1 aliphatic carbocycles. The molecule has 1 saturated carbocycles. The summed E-state index contributed by atoms with van der Waals surface area (Å²) in [6.07, 6.45) is 6.98. The molecule has 0 spiro atoms. The van der Waals surface area contributed by atoms with Crippen LogP contribution >= 0.6 is 0 Å². The molecule has 0 saturated heterocycles. The summed E-state index contributed by atoms with van der Waals surface area (Å²) in [6.45, 7) is 2.68. The highest BCUT2D eigenvalue weighted by Crippen LogP contribution is 2.32. The first-order valence-corrected chi connectivity index (χ1v) is 6.11. The number of nitrogens with two attached hydrogens (primary N) is 1. The predicted molar refractivity (Wildman–Crippen MR) is 67.5 cm³/mol. The summed E-state index contributed by atoms with van der Waals surface area (Å²) in [5.41, 5.74) is 5.62. The van der Waals surface area contributed by atoms with Crippen molar-refractivity contribution in [3.8, 4) is 0 Å². The summed E-state index contributed by atoms with van der Waals surface area (Å²) in [5, 5.41) is 13.6. The van der Waals surface area contributed by atoms with Crippen LogP contribution in [0.4, 0.5) is 11.5 Å². The van der Waals surface area contributed by atoms with Gasteiger partial charge in [0.05, 0.1) is 17.5 Å². The molecule has 4 N–H and O–H groups in total. The number of hydrogen-bond acceptors (Lipinski definition) is 5. The summed E-state index contributed by atoms with van der Waals surface area (Å²) in [4.78, 5) is 7.88. The van der Waals surface area contributed by atoms with Crippen molar-refractivity contribution >= 4 is 11.5 Å². The maximum Gasteiger partial charge on any atom is 0.152 e. The minimum absolute atomic E-state index is 0.499. The maximum atomic E-state index is 10.4. The fraction of sp³-hybridized carbons (Fsp3) is 0.667. The van der Waals surface area contributed by atoms with Crippen LogP contribution in [0.3, 0.4) is 0 Å². The minimum Gasteiger partial charge on any atom is -0.394 e. The number of aromatic nitrogens is 2. The minimum atomic E-state index is -0.630. The number of rotatable bonds is 3. The van der Waals surface area contributed by atoms with Gasteiger partial charge >= 0.3 is 0 Å². The third-order valence-electron chi connectivity index (χ3n) is 3.39. The average Bonchev–Trinajstić information content (AvgIpc) is 2.28. The van der Waals surface area contributed by atoms with Crippen molar-refractivity contribution in [2.24, 2.45) is 5.92 Å². The Balaban J connectivity index is 1.95. The van der Waals surface area contributed by atoms with Crippen LogP contribution in [0.5, 0.6) is 0 Å². The lowest BCUT2D eigenvalue weighted by molar-refractivity contribution is -0.000813. The molecule has 1 aliphatic rings. The fourth-order valence-corrected chi connectivity index (χ4v) is 2.53. The topological polar surface area (TPSA) is 84.1 Å². The summed E-state index contributed by atoms with van der Waals surface area (Å²) in [5.74, 6) is 1.19. The standard InChI is InChI=1S/C12H20N4O/c1-9-3-2-4-12(17,5-9)7-15-11-10(13)6-14-8-16-11/h6,8-9,17H,2-5,7,13H2,1H3,(H,14,15,16). The Morgan fingerprint density at radius 2 is 2.47 bits per heavy atom. The molecule has 5 heteroatoms. The van der Waals surface area contributed by atoms with Crippen molar-refractivity contribution in [3.05, 3.63) is 12.5 Å². The number of nitrogens with zero attached hydrogens (tertiary/aromatic N) is 2. The van der Waals surface area contributed by atoms with E-state index in [0.29, 0.717) is 24.0 Å². The number of aliphatic hydroxyl groups is 1. The Labute approximate surface area is 101 Å². The van der Waals surface area contributed by atoms with Crippen LogP contribution < -0.4 is 11.1 Å². The zero-order valence-electron chi connectivity index (χ0n) is 10.2. The van der Waals surface area contributed by atoms with E-state index < -0.39 is 5.60 Å². The monoisotopic (exact) mass is 236 g/mol. The molecular weight excluding hydrogens is 216 g/mol. The van der Waals surface area contributed by atoms with Gasteiger partial charge in [-0.25, -0.2) is 9.97 Å². The smallest absolute Gasteiger partial charge is 0.152 e. The van der Waals surface area contributed by atoms with Crippen molar-refractivity contribution in [1.82, 2.24) is 9.97 Å². The highest BCUT2D eigenvalue weighted by atomic mass is 16.3. The number of hydrogen-bond donors (Lipinski definition) is 3. The summed E-state index contributed by atoms with van der Waals surface area (Å²) < 4.78 is 0. The van der Waals surface area contributed by atoms with Gasteiger partial charge in [-0.15, -0.1) is 0 Å². The third-order valence-corrected chi connectivity index (χ3v) is 3.39. The summed E-state index contributed by atoms with van der Waals surface area (Å²) in [6, 6.07) is 0. The molecule has 94 valence electrons. The number of nitrogens with one attached hydrogen (secondary N) is 1. The lowest BCUT2D eigenvalue weighted by Crippen LogP contribution is -2.41. The van der Waals surface area contributed by atoms with Crippen molar-refractivity contribution in [3.63, 3.8) is 0 Å². The van der Waals surface area contributed by atoms with Crippen molar-refractivity contribution in [2.45, 2.75) is 38.2 Å². The molecule has 0 aromatic carbocycles. The van der Waals surface area contributed by atoms with Crippen molar-refractivity contribution in [2.75, 3.05) is 17.6 Å². The zero-order valence-corrected chi connectivity index (χ0v) is 10.2. The lowest BCUT2D eigenvalue weighted by Gasteiger charge is -2.35. The summed E-state index contributed by atoms with van der Waals surface area (Å²) >= 11 is 0. The highest BCUT2D eigenvalue weighted by molar-refractivity contribution is 5.59. The molecule has 1 heterocycles. The molecule has 5 nitrogen and oxygen atoms in total. The Bertz CT molecular complexity index is 385. The molecule has 2 unspecified atom stereocenters. The molecule has 0 aliphatic heterocycles. The van der Waals surface area contributed by atoms with Crippen molar-refractivity contribution < 1.29 is 5.11 Å². The zero-order chi connectivity index (χ0) is 12.3. The van der Waals surface area contributed by atoms with Gasteiger partial charge in [0.15, 0.2) is 5.82 Å². The molecule has 1 aromatic rings. The highest BCUT2D eigenvalue weighted by Gasteiger charge is 2.32. The SMILES string of the molecule is CC1CCCC(O)(CNc2ncncc2N)C1. The normalized spacial score (nSPS) is 28.9. The van der Waals surface area contributed by atoms with Gasteiger partial charge in [-0.05, 0) is 18.8 Å². The second-order valence-corrected chi connectivity index (χ2v) is 5.11. The Hall–Kier alpha value is -1.36. The second kappa shape index (κ2) is 4.87. The molecule has 0 radical (unpaired) electrons. The van der Waals surface area contributed by atoms with Crippen LogP contribution in [0.1, 0.15) is 32.6 Å². The molecule has 1 aromatic heterocycles. The van der Waals surface area contributed by atoms with Crippen LogP contribution in [-0.2, 0) is 0 Å². The van der Waals surface area contributed by atoms with Gasteiger partial charge in [-0.1, -0.05) is 19.8 Å². The molecule has 2 atom stereocenters. The van der Waals surface area contributed by atoms with Gasteiger partial charge in [0.25, 0.3) is 0 Å². The predicted octanol–water partition coefficient (Wildman–Crippen LogP) is 1.41. The summed E-state index contributed by atoms with van der Waals surface area (Å²) in [7, 11) is 0. The van der Waals surface area contributed by atoms with E-state index in [1.165, 1.54) is 12.7 Å².